The van der Waals surface area contributed by atoms with Gasteiger partial charge >= 0.3 is 5.69 Å². The van der Waals surface area contributed by atoms with Crippen molar-refractivity contribution >= 4 is 0 Å². The van der Waals surface area contributed by atoms with Gasteiger partial charge in [-0.05, 0) is 0 Å². The largest absolute Gasteiger partial charge is 0.394 e. The van der Waals surface area contributed by atoms with Crippen molar-refractivity contribution in [2.45, 2.75) is 24.9 Å². The van der Waals surface area contributed by atoms with Crippen LogP contribution in [-0.4, -0.2) is 45.0 Å². The number of rotatable bonds is 3. The zero-order chi connectivity index (χ0) is 14.2. The van der Waals surface area contributed by atoms with E-state index < -0.39 is 48.6 Å². The van der Waals surface area contributed by atoms with Crippen molar-refractivity contribution in [3.05, 3.63) is 33.1 Å². The predicted octanol–water partition coefficient (Wildman–Crippen LogP) is -1.33. The van der Waals surface area contributed by atoms with E-state index in [2.05, 4.69) is 0 Å². The van der Waals surface area contributed by atoms with Crippen LogP contribution < -0.4 is 11.2 Å². The molecule has 0 amide bonds. The zero-order valence-electron chi connectivity index (χ0n) is 9.57. The van der Waals surface area contributed by atoms with Gasteiger partial charge in [-0.1, -0.05) is 0 Å². The van der Waals surface area contributed by atoms with Gasteiger partial charge in [0, 0.05) is 12.3 Å². The molecule has 19 heavy (non-hydrogen) atoms. The predicted molar refractivity (Wildman–Crippen MR) is 57.8 cm³/mol. The van der Waals surface area contributed by atoms with Gasteiger partial charge in [-0.25, -0.2) is 13.6 Å². The van der Waals surface area contributed by atoms with E-state index in [1.807, 2.05) is 4.98 Å². The number of nitrogens with one attached hydrogen (secondary N) is 1. The average Bonchev–Trinajstić information content (AvgIpc) is 2.66. The van der Waals surface area contributed by atoms with E-state index in [0.717, 1.165) is 16.8 Å². The lowest BCUT2D eigenvalue weighted by Crippen LogP contribution is -2.37. The molecule has 0 bridgehead atoms. The van der Waals surface area contributed by atoms with Crippen LogP contribution in [-0.2, 0) is 4.74 Å². The molecule has 1 aromatic heterocycles. The lowest BCUT2D eigenvalue weighted by molar-refractivity contribution is -0.0560. The number of alkyl halides is 2. The maximum atomic E-state index is 12.8. The van der Waals surface area contributed by atoms with Crippen LogP contribution in [0.15, 0.2) is 21.9 Å². The number of aromatic amines is 1. The van der Waals surface area contributed by atoms with E-state index in [1.54, 1.807) is 0 Å². The molecule has 7 nitrogen and oxygen atoms in total. The molecule has 1 fully saturated rings. The van der Waals surface area contributed by atoms with Crippen molar-refractivity contribution < 1.29 is 23.7 Å². The highest BCUT2D eigenvalue weighted by atomic mass is 19.3. The van der Waals surface area contributed by atoms with Crippen molar-refractivity contribution in [3.63, 3.8) is 0 Å². The van der Waals surface area contributed by atoms with Crippen LogP contribution in [0, 0.1) is 5.92 Å². The minimum absolute atomic E-state index is 0.655. The van der Waals surface area contributed by atoms with Gasteiger partial charge in [0.1, 0.15) is 6.10 Å². The molecule has 2 heterocycles. The number of H-pyrrole nitrogens is 1. The number of ether oxygens (including phenoxy) is 1. The van der Waals surface area contributed by atoms with Crippen molar-refractivity contribution in [3.8, 4) is 0 Å². The average molecular weight is 278 g/mol. The molecule has 3 N–H and O–H groups in total. The van der Waals surface area contributed by atoms with Gasteiger partial charge in [0.15, 0.2) is 6.23 Å². The molecule has 2 rings (SSSR count). The second kappa shape index (κ2) is 5.19. The summed E-state index contributed by atoms with van der Waals surface area (Å²) in [6.07, 6.45) is -6.19. The summed E-state index contributed by atoms with van der Waals surface area (Å²) in [7, 11) is 0. The van der Waals surface area contributed by atoms with Crippen molar-refractivity contribution in [1.82, 2.24) is 9.55 Å². The Labute approximate surface area is 105 Å². The molecule has 0 saturated carbocycles. The number of aliphatic hydroxyl groups excluding tert-OH is 2. The van der Waals surface area contributed by atoms with Crippen LogP contribution in [0.5, 0.6) is 0 Å². The molecule has 106 valence electrons. The molecule has 0 radical (unpaired) electrons. The molecule has 1 aromatic rings. The van der Waals surface area contributed by atoms with Gasteiger partial charge in [-0.3, -0.25) is 14.3 Å². The maximum absolute atomic E-state index is 12.8. The minimum atomic E-state index is -2.91. The Balaban J connectivity index is 2.36. The molecule has 0 aromatic carbocycles. The van der Waals surface area contributed by atoms with Gasteiger partial charge in [0.2, 0.25) is 6.43 Å². The number of hydrogen-bond acceptors (Lipinski definition) is 5. The van der Waals surface area contributed by atoms with Gasteiger partial charge in [-0.2, -0.15) is 0 Å². The van der Waals surface area contributed by atoms with Crippen molar-refractivity contribution in [2.75, 3.05) is 6.61 Å². The second-order valence-corrected chi connectivity index (χ2v) is 4.17. The Bertz CT molecular complexity index is 557. The van der Waals surface area contributed by atoms with Crippen LogP contribution in [0.2, 0.25) is 0 Å². The standard InChI is InChI=1S/C10H12F2N2O5/c11-8(12)6-4(3-15)19-9(7(6)17)14-2-1-5(16)13-10(14)18/h1-2,4,6-9,15,17H,3H2,(H,13,16,18)/t4-,6-,7+,9-/m1/s1. The SMILES string of the molecule is O=c1ccn([C@@H]2O[C@H](CO)[C@@H](C(F)F)[C@@H]2O)c(=O)[nH]1. The van der Waals surface area contributed by atoms with E-state index in [4.69, 9.17) is 9.84 Å². The molecule has 0 aliphatic carbocycles. The summed E-state index contributed by atoms with van der Waals surface area (Å²) in [5.41, 5.74) is -1.54. The topological polar surface area (TPSA) is 105 Å². The first-order valence-corrected chi connectivity index (χ1v) is 5.49. The van der Waals surface area contributed by atoms with Crippen LogP contribution in [0.3, 0.4) is 0 Å². The first-order chi connectivity index (χ1) is 8.95. The van der Waals surface area contributed by atoms with Crippen molar-refractivity contribution in [1.29, 1.82) is 0 Å². The Morgan fingerprint density at radius 1 is 1.47 bits per heavy atom. The van der Waals surface area contributed by atoms with Crippen LogP contribution in [0.4, 0.5) is 8.78 Å². The third-order valence-corrected chi connectivity index (χ3v) is 3.03. The monoisotopic (exact) mass is 278 g/mol. The quantitative estimate of drug-likeness (QED) is 0.635. The van der Waals surface area contributed by atoms with Crippen LogP contribution in [0.1, 0.15) is 6.23 Å². The summed E-state index contributed by atoms with van der Waals surface area (Å²) >= 11 is 0. The summed E-state index contributed by atoms with van der Waals surface area (Å²) in [6.45, 7) is -0.708. The molecular weight excluding hydrogens is 266 g/mol. The molecule has 0 unspecified atom stereocenters. The van der Waals surface area contributed by atoms with Crippen LogP contribution in [0.25, 0.3) is 0 Å². The first-order valence-electron chi connectivity index (χ1n) is 5.49. The summed E-state index contributed by atoms with van der Waals surface area (Å²) in [4.78, 5) is 24.3. The number of aliphatic hydroxyl groups is 2. The van der Waals surface area contributed by atoms with Gasteiger partial charge in [0.25, 0.3) is 5.56 Å². The molecule has 1 saturated heterocycles. The Hall–Kier alpha value is -1.58. The zero-order valence-corrected chi connectivity index (χ0v) is 9.57. The number of aromatic nitrogens is 2. The molecule has 1 aliphatic rings. The van der Waals surface area contributed by atoms with Crippen LogP contribution >= 0.6 is 0 Å². The smallest absolute Gasteiger partial charge is 0.330 e. The van der Waals surface area contributed by atoms with E-state index in [0.29, 0.717) is 0 Å². The minimum Gasteiger partial charge on any atom is -0.394 e. The van der Waals surface area contributed by atoms with E-state index in [1.165, 1.54) is 0 Å². The lowest BCUT2D eigenvalue weighted by Gasteiger charge is -2.18. The van der Waals surface area contributed by atoms with Gasteiger partial charge in [0.05, 0.1) is 18.6 Å². The van der Waals surface area contributed by atoms with Gasteiger partial charge < -0.3 is 14.9 Å². The fourth-order valence-corrected chi connectivity index (χ4v) is 2.09. The van der Waals surface area contributed by atoms with E-state index in [-0.39, 0.29) is 0 Å². The Morgan fingerprint density at radius 2 is 2.16 bits per heavy atom. The Morgan fingerprint density at radius 3 is 2.63 bits per heavy atom. The maximum Gasteiger partial charge on any atom is 0.330 e. The Kier molecular flexibility index (Phi) is 3.78. The third-order valence-electron chi connectivity index (χ3n) is 3.03. The highest BCUT2D eigenvalue weighted by molar-refractivity contribution is 4.93. The summed E-state index contributed by atoms with van der Waals surface area (Å²) < 4.78 is 31.4. The summed E-state index contributed by atoms with van der Waals surface area (Å²) in [5.74, 6) is -1.60. The fourth-order valence-electron chi connectivity index (χ4n) is 2.09. The second-order valence-electron chi connectivity index (χ2n) is 4.17. The molecule has 1 aliphatic heterocycles. The molecule has 0 spiro atoms. The van der Waals surface area contributed by atoms with E-state index >= 15 is 0 Å². The molecular formula is C10H12F2N2O5. The lowest BCUT2D eigenvalue weighted by atomic mass is 9.99. The fraction of sp³-hybridized carbons (Fsp3) is 0.600. The third kappa shape index (κ3) is 2.44. The summed E-state index contributed by atoms with van der Waals surface area (Å²) in [6, 6.07) is 1.00. The highest BCUT2D eigenvalue weighted by Gasteiger charge is 2.49. The molecule has 9 heteroatoms. The highest BCUT2D eigenvalue weighted by Crippen LogP contribution is 2.36. The van der Waals surface area contributed by atoms with Gasteiger partial charge in [-0.15, -0.1) is 0 Å². The van der Waals surface area contributed by atoms with Crippen molar-refractivity contribution in [2.24, 2.45) is 5.92 Å². The number of nitrogens with zero attached hydrogens (tertiary/aromatic N) is 1. The number of hydrogen-bond donors (Lipinski definition) is 3. The van der Waals surface area contributed by atoms with E-state index in [9.17, 15) is 23.5 Å². The number of halogens is 2. The first kappa shape index (κ1) is 13.8. The molecule has 4 atom stereocenters. The summed E-state index contributed by atoms with van der Waals surface area (Å²) in [5, 5.41) is 18.8. The normalized spacial score (nSPS) is 31.0.